The third-order valence-electron chi connectivity index (χ3n) is 2.86. The highest BCUT2D eigenvalue weighted by Crippen LogP contribution is 2.17. The SMILES string of the molecule is C#CCC(N)C(=O)Cc1ccnc2ccccc12. The van der Waals surface area contributed by atoms with E-state index in [2.05, 4.69) is 10.9 Å². The second kappa shape index (κ2) is 5.44. The molecule has 0 fully saturated rings. The summed E-state index contributed by atoms with van der Waals surface area (Å²) in [6.07, 6.45) is 7.44. The molecule has 2 N–H and O–H groups in total. The molecule has 0 amide bonds. The molecule has 2 aromatic rings. The van der Waals surface area contributed by atoms with Crippen molar-refractivity contribution in [3.8, 4) is 12.3 Å². The van der Waals surface area contributed by atoms with Crippen LogP contribution in [0.1, 0.15) is 12.0 Å². The number of rotatable bonds is 4. The number of fused-ring (bicyclic) bond motifs is 1. The summed E-state index contributed by atoms with van der Waals surface area (Å²) in [7, 11) is 0. The van der Waals surface area contributed by atoms with Crippen LogP contribution in [0.4, 0.5) is 0 Å². The Morgan fingerprint density at radius 1 is 1.39 bits per heavy atom. The van der Waals surface area contributed by atoms with Crippen LogP contribution in [0.25, 0.3) is 10.9 Å². The number of nitrogens with zero attached hydrogens (tertiary/aromatic N) is 1. The van der Waals surface area contributed by atoms with E-state index in [4.69, 9.17) is 12.2 Å². The lowest BCUT2D eigenvalue weighted by Gasteiger charge is -2.09. The first-order chi connectivity index (χ1) is 8.72. The van der Waals surface area contributed by atoms with Gasteiger partial charge in [0, 0.05) is 24.4 Å². The first kappa shape index (κ1) is 12.3. The van der Waals surface area contributed by atoms with Gasteiger partial charge in [0.05, 0.1) is 11.6 Å². The molecule has 1 heterocycles. The lowest BCUT2D eigenvalue weighted by atomic mass is 9.99. The molecule has 1 aromatic heterocycles. The Hall–Kier alpha value is -2.18. The maximum absolute atomic E-state index is 11.9. The maximum atomic E-state index is 11.9. The Kier molecular flexibility index (Phi) is 3.71. The maximum Gasteiger partial charge on any atom is 0.154 e. The van der Waals surface area contributed by atoms with Crippen molar-refractivity contribution in [2.75, 3.05) is 0 Å². The number of carbonyl (C=O) groups is 1. The van der Waals surface area contributed by atoms with Gasteiger partial charge in [-0.1, -0.05) is 18.2 Å². The van der Waals surface area contributed by atoms with E-state index >= 15 is 0 Å². The van der Waals surface area contributed by atoms with Gasteiger partial charge in [0.1, 0.15) is 0 Å². The Bertz CT molecular complexity index is 608. The number of terminal acetylenes is 1. The molecular weight excluding hydrogens is 224 g/mol. The summed E-state index contributed by atoms with van der Waals surface area (Å²) in [5.41, 5.74) is 7.54. The zero-order valence-corrected chi connectivity index (χ0v) is 9.97. The van der Waals surface area contributed by atoms with Crippen LogP contribution >= 0.6 is 0 Å². The van der Waals surface area contributed by atoms with Crippen molar-refractivity contribution < 1.29 is 4.79 Å². The van der Waals surface area contributed by atoms with E-state index in [0.717, 1.165) is 16.5 Å². The summed E-state index contributed by atoms with van der Waals surface area (Å²) >= 11 is 0. The monoisotopic (exact) mass is 238 g/mol. The van der Waals surface area contributed by atoms with Gasteiger partial charge in [-0.3, -0.25) is 9.78 Å². The molecular formula is C15H14N2O. The molecule has 0 aliphatic heterocycles. The van der Waals surface area contributed by atoms with Gasteiger partial charge in [-0.25, -0.2) is 0 Å². The summed E-state index contributed by atoms with van der Waals surface area (Å²) in [6, 6.07) is 9.00. The fourth-order valence-corrected chi connectivity index (χ4v) is 1.87. The first-order valence-corrected chi connectivity index (χ1v) is 5.76. The molecule has 0 spiro atoms. The van der Waals surface area contributed by atoms with E-state index in [0.29, 0.717) is 6.42 Å². The number of hydrogen-bond acceptors (Lipinski definition) is 3. The van der Waals surface area contributed by atoms with Gasteiger partial charge in [0.15, 0.2) is 5.78 Å². The van der Waals surface area contributed by atoms with Crippen molar-refractivity contribution >= 4 is 16.7 Å². The van der Waals surface area contributed by atoms with Gasteiger partial charge in [-0.05, 0) is 17.7 Å². The number of para-hydroxylation sites is 1. The minimum Gasteiger partial charge on any atom is -0.321 e. The standard InChI is InChI=1S/C15H14N2O/c1-2-5-13(16)15(18)10-11-8-9-17-14-7-4-3-6-12(11)14/h1,3-4,6-9,13H,5,10,16H2. The molecule has 0 aliphatic rings. The topological polar surface area (TPSA) is 56.0 Å². The molecule has 3 nitrogen and oxygen atoms in total. The average Bonchev–Trinajstić information content (AvgIpc) is 2.39. The van der Waals surface area contributed by atoms with E-state index in [1.54, 1.807) is 6.20 Å². The highest BCUT2D eigenvalue weighted by atomic mass is 16.1. The van der Waals surface area contributed by atoms with Crippen LogP contribution in [0.2, 0.25) is 0 Å². The Labute approximate surface area is 106 Å². The van der Waals surface area contributed by atoms with E-state index < -0.39 is 6.04 Å². The van der Waals surface area contributed by atoms with Crippen LogP contribution in [-0.2, 0) is 11.2 Å². The predicted octanol–water partition coefficient (Wildman–Crippen LogP) is 1.70. The van der Waals surface area contributed by atoms with Crippen LogP contribution in [0.15, 0.2) is 36.5 Å². The summed E-state index contributed by atoms with van der Waals surface area (Å²) in [6.45, 7) is 0. The van der Waals surface area contributed by atoms with Gasteiger partial charge in [0.25, 0.3) is 0 Å². The average molecular weight is 238 g/mol. The van der Waals surface area contributed by atoms with Crippen molar-refractivity contribution in [3.63, 3.8) is 0 Å². The molecule has 1 unspecified atom stereocenters. The number of aromatic nitrogens is 1. The quantitative estimate of drug-likeness (QED) is 0.825. The fraction of sp³-hybridized carbons (Fsp3) is 0.200. The smallest absolute Gasteiger partial charge is 0.154 e. The molecule has 0 bridgehead atoms. The number of pyridine rings is 1. The summed E-state index contributed by atoms with van der Waals surface area (Å²) in [5.74, 6) is 2.38. The van der Waals surface area contributed by atoms with Crippen molar-refractivity contribution in [1.29, 1.82) is 0 Å². The van der Waals surface area contributed by atoms with Gasteiger partial charge in [-0.2, -0.15) is 0 Å². The number of Topliss-reactive ketones (excluding diaryl/α,β-unsaturated/α-hetero) is 1. The molecule has 0 radical (unpaired) electrons. The van der Waals surface area contributed by atoms with E-state index in [-0.39, 0.29) is 12.2 Å². The Morgan fingerprint density at radius 3 is 2.94 bits per heavy atom. The van der Waals surface area contributed by atoms with Crippen LogP contribution in [0.3, 0.4) is 0 Å². The summed E-state index contributed by atoms with van der Waals surface area (Å²) < 4.78 is 0. The fourth-order valence-electron chi connectivity index (χ4n) is 1.87. The minimum absolute atomic E-state index is 0.0377. The predicted molar refractivity (Wildman–Crippen MR) is 71.9 cm³/mol. The Balaban J connectivity index is 2.27. The van der Waals surface area contributed by atoms with E-state index in [1.165, 1.54) is 0 Å². The third kappa shape index (κ3) is 2.55. The Morgan fingerprint density at radius 2 is 2.17 bits per heavy atom. The minimum atomic E-state index is -0.582. The number of ketones is 1. The molecule has 18 heavy (non-hydrogen) atoms. The van der Waals surface area contributed by atoms with Crippen molar-refractivity contribution in [2.45, 2.75) is 18.9 Å². The van der Waals surface area contributed by atoms with Gasteiger partial charge < -0.3 is 5.73 Å². The molecule has 0 saturated heterocycles. The normalized spacial score (nSPS) is 12.0. The van der Waals surface area contributed by atoms with Crippen LogP contribution in [-0.4, -0.2) is 16.8 Å². The van der Waals surface area contributed by atoms with Crippen molar-refractivity contribution in [1.82, 2.24) is 4.98 Å². The van der Waals surface area contributed by atoms with Gasteiger partial charge in [0.2, 0.25) is 0 Å². The van der Waals surface area contributed by atoms with E-state index in [1.807, 2.05) is 30.3 Å². The second-order valence-corrected chi connectivity index (χ2v) is 4.15. The number of carbonyl (C=O) groups excluding carboxylic acids is 1. The molecule has 0 aliphatic carbocycles. The molecule has 90 valence electrons. The number of nitrogens with two attached hydrogens (primary N) is 1. The zero-order chi connectivity index (χ0) is 13.0. The first-order valence-electron chi connectivity index (χ1n) is 5.76. The molecule has 1 atom stereocenters. The van der Waals surface area contributed by atoms with Crippen LogP contribution in [0.5, 0.6) is 0 Å². The van der Waals surface area contributed by atoms with Crippen molar-refractivity contribution in [3.05, 3.63) is 42.1 Å². The third-order valence-corrected chi connectivity index (χ3v) is 2.86. The highest BCUT2D eigenvalue weighted by molar-refractivity contribution is 5.91. The molecule has 2 rings (SSSR count). The zero-order valence-electron chi connectivity index (χ0n) is 9.97. The molecule has 1 aromatic carbocycles. The number of hydrogen-bond donors (Lipinski definition) is 1. The lowest BCUT2D eigenvalue weighted by Crippen LogP contribution is -2.31. The summed E-state index contributed by atoms with van der Waals surface area (Å²) in [4.78, 5) is 16.2. The van der Waals surface area contributed by atoms with Gasteiger partial charge >= 0.3 is 0 Å². The lowest BCUT2D eigenvalue weighted by molar-refractivity contribution is -0.119. The largest absolute Gasteiger partial charge is 0.321 e. The van der Waals surface area contributed by atoms with Gasteiger partial charge in [-0.15, -0.1) is 12.3 Å². The second-order valence-electron chi connectivity index (χ2n) is 4.15. The molecule has 0 saturated carbocycles. The number of benzene rings is 1. The van der Waals surface area contributed by atoms with Crippen LogP contribution in [0, 0.1) is 12.3 Å². The molecule has 3 heteroatoms. The van der Waals surface area contributed by atoms with Crippen LogP contribution < -0.4 is 5.73 Å². The van der Waals surface area contributed by atoms with Crippen molar-refractivity contribution in [2.24, 2.45) is 5.73 Å². The highest BCUT2D eigenvalue weighted by Gasteiger charge is 2.14. The summed E-state index contributed by atoms with van der Waals surface area (Å²) in [5, 5.41) is 0.987. The van der Waals surface area contributed by atoms with E-state index in [9.17, 15) is 4.79 Å².